The minimum atomic E-state index is -0.924. The van der Waals surface area contributed by atoms with Gasteiger partial charge in [-0.1, -0.05) is 24.3 Å². The molecule has 0 aromatic heterocycles. The summed E-state index contributed by atoms with van der Waals surface area (Å²) in [5.41, 5.74) is 0.721. The molecule has 3 aromatic carbocycles. The maximum atomic E-state index is 13.8. The summed E-state index contributed by atoms with van der Waals surface area (Å²) in [5, 5.41) is 2.11. The fraction of sp³-hybridized carbons (Fsp3) is 0.0417. The second kappa shape index (κ2) is 9.33. The molecule has 33 heavy (non-hydrogen) atoms. The molecule has 1 fully saturated rings. The van der Waals surface area contributed by atoms with Crippen LogP contribution in [0, 0.1) is 11.6 Å². The molecule has 0 saturated carbocycles. The summed E-state index contributed by atoms with van der Waals surface area (Å²) < 4.78 is 33.2. The number of carbonyl (C=O) groups is 3. The topological polar surface area (TPSA) is 75.7 Å². The van der Waals surface area contributed by atoms with Crippen LogP contribution in [0.4, 0.5) is 19.3 Å². The molecule has 0 aliphatic carbocycles. The number of nitrogens with one attached hydrogen (secondary N) is 1. The number of barbiturate groups is 1. The van der Waals surface area contributed by atoms with Crippen molar-refractivity contribution in [3.63, 3.8) is 0 Å². The van der Waals surface area contributed by atoms with Gasteiger partial charge in [0.15, 0.2) is 0 Å². The first-order valence-electron chi connectivity index (χ1n) is 9.66. The van der Waals surface area contributed by atoms with Crippen molar-refractivity contribution in [3.05, 3.63) is 99.5 Å². The molecule has 1 aliphatic rings. The molecule has 4 rings (SSSR count). The van der Waals surface area contributed by atoms with Crippen molar-refractivity contribution in [2.45, 2.75) is 6.61 Å². The SMILES string of the molecule is O=C1NC(=O)N(c2ccc(F)cc2)C(=O)/C1=C/c1ccc(OCc2ccccc2F)c(Br)c1. The van der Waals surface area contributed by atoms with E-state index in [0.29, 0.717) is 21.3 Å². The maximum Gasteiger partial charge on any atom is 0.335 e. The smallest absolute Gasteiger partial charge is 0.335 e. The van der Waals surface area contributed by atoms with Crippen LogP contribution in [0.5, 0.6) is 5.75 Å². The second-order valence-corrected chi connectivity index (χ2v) is 7.86. The van der Waals surface area contributed by atoms with Gasteiger partial charge in [-0.2, -0.15) is 0 Å². The van der Waals surface area contributed by atoms with E-state index >= 15 is 0 Å². The minimum absolute atomic E-state index is 0.0152. The minimum Gasteiger partial charge on any atom is -0.488 e. The Bertz CT molecular complexity index is 1290. The Labute approximate surface area is 195 Å². The van der Waals surface area contributed by atoms with Crippen LogP contribution in [-0.2, 0) is 16.2 Å². The first-order chi connectivity index (χ1) is 15.8. The fourth-order valence-corrected chi connectivity index (χ4v) is 3.65. The molecule has 3 aromatic rings. The Morgan fingerprint density at radius 2 is 1.70 bits per heavy atom. The summed E-state index contributed by atoms with van der Waals surface area (Å²) in [5.74, 6) is -2.16. The summed E-state index contributed by atoms with van der Waals surface area (Å²) in [6.07, 6.45) is 1.33. The first-order valence-corrected chi connectivity index (χ1v) is 10.5. The maximum absolute atomic E-state index is 13.8. The molecule has 0 radical (unpaired) electrons. The first kappa shape index (κ1) is 22.3. The molecule has 6 nitrogen and oxygen atoms in total. The lowest BCUT2D eigenvalue weighted by atomic mass is 10.1. The third-order valence-electron chi connectivity index (χ3n) is 4.79. The molecule has 1 N–H and O–H groups in total. The predicted octanol–water partition coefficient (Wildman–Crippen LogP) is 4.97. The summed E-state index contributed by atoms with van der Waals surface area (Å²) in [6.45, 7) is 0.0152. The Kier molecular flexibility index (Phi) is 6.32. The number of hydrogen-bond acceptors (Lipinski definition) is 4. The third-order valence-corrected chi connectivity index (χ3v) is 5.41. The molecule has 1 saturated heterocycles. The summed E-state index contributed by atoms with van der Waals surface area (Å²) in [7, 11) is 0. The fourth-order valence-electron chi connectivity index (χ4n) is 3.14. The quantitative estimate of drug-likeness (QED) is 0.386. The number of hydrogen-bond donors (Lipinski definition) is 1. The third kappa shape index (κ3) is 4.83. The molecular formula is C24H15BrF2N2O4. The van der Waals surface area contributed by atoms with Crippen LogP contribution in [0.3, 0.4) is 0 Å². The normalized spacial score (nSPS) is 15.1. The molecule has 0 spiro atoms. The van der Waals surface area contributed by atoms with E-state index < -0.39 is 23.7 Å². The summed E-state index contributed by atoms with van der Waals surface area (Å²) in [4.78, 5) is 38.2. The van der Waals surface area contributed by atoms with E-state index in [1.807, 2.05) is 0 Å². The largest absolute Gasteiger partial charge is 0.488 e. The highest BCUT2D eigenvalue weighted by Gasteiger charge is 2.36. The van der Waals surface area contributed by atoms with Gasteiger partial charge < -0.3 is 4.74 Å². The monoisotopic (exact) mass is 512 g/mol. The van der Waals surface area contributed by atoms with Crippen LogP contribution in [0.2, 0.25) is 0 Å². The van der Waals surface area contributed by atoms with Crippen molar-refractivity contribution in [2.24, 2.45) is 0 Å². The van der Waals surface area contributed by atoms with Crippen molar-refractivity contribution in [1.29, 1.82) is 0 Å². The summed E-state index contributed by atoms with van der Waals surface area (Å²) >= 11 is 3.37. The molecule has 0 atom stereocenters. The molecule has 1 aliphatic heterocycles. The lowest BCUT2D eigenvalue weighted by Crippen LogP contribution is -2.54. The number of ether oxygens (including phenoxy) is 1. The van der Waals surface area contributed by atoms with Crippen molar-refractivity contribution in [2.75, 3.05) is 4.90 Å². The Morgan fingerprint density at radius 3 is 2.39 bits per heavy atom. The number of urea groups is 1. The predicted molar refractivity (Wildman–Crippen MR) is 120 cm³/mol. The van der Waals surface area contributed by atoms with Gasteiger partial charge in [0.25, 0.3) is 11.8 Å². The number of nitrogens with zero attached hydrogens (tertiary/aromatic N) is 1. The molecule has 0 unspecified atom stereocenters. The Morgan fingerprint density at radius 1 is 0.970 bits per heavy atom. The number of halogens is 3. The Hall–Kier alpha value is -3.85. The highest BCUT2D eigenvalue weighted by molar-refractivity contribution is 9.10. The molecule has 1 heterocycles. The van der Waals surface area contributed by atoms with E-state index in [4.69, 9.17) is 4.74 Å². The van der Waals surface area contributed by atoms with E-state index in [1.165, 1.54) is 24.3 Å². The highest BCUT2D eigenvalue weighted by atomic mass is 79.9. The number of benzene rings is 3. The van der Waals surface area contributed by atoms with Gasteiger partial charge in [0, 0.05) is 5.56 Å². The van der Waals surface area contributed by atoms with Gasteiger partial charge in [-0.15, -0.1) is 0 Å². The van der Waals surface area contributed by atoms with Crippen LogP contribution in [0.15, 0.2) is 76.8 Å². The van der Waals surface area contributed by atoms with Crippen molar-refractivity contribution < 1.29 is 27.9 Å². The van der Waals surface area contributed by atoms with Gasteiger partial charge in [-0.25, -0.2) is 18.5 Å². The lowest BCUT2D eigenvalue weighted by Gasteiger charge is -2.26. The number of carbonyl (C=O) groups excluding carboxylic acids is 3. The van der Waals surface area contributed by atoms with E-state index in [-0.39, 0.29) is 23.7 Å². The number of rotatable bonds is 5. The zero-order valence-corrected chi connectivity index (χ0v) is 18.4. The number of amides is 4. The van der Waals surface area contributed by atoms with E-state index in [9.17, 15) is 23.2 Å². The standard InChI is InChI=1S/C24H15BrF2N2O4/c25-19-12-14(5-10-21(19)33-13-15-3-1-2-4-20(15)27)11-18-22(30)28-24(32)29(23(18)31)17-8-6-16(26)7-9-17/h1-12H,13H2,(H,28,30,32)/b18-11+. The molecule has 0 bridgehead atoms. The van der Waals surface area contributed by atoms with Crippen molar-refractivity contribution >= 4 is 45.5 Å². The second-order valence-electron chi connectivity index (χ2n) is 7.00. The van der Waals surface area contributed by atoms with E-state index in [1.54, 1.807) is 36.4 Å². The van der Waals surface area contributed by atoms with Crippen molar-refractivity contribution in [1.82, 2.24) is 5.32 Å². The van der Waals surface area contributed by atoms with E-state index in [0.717, 1.165) is 17.0 Å². The van der Waals surface area contributed by atoms with Gasteiger partial charge in [0.05, 0.1) is 10.2 Å². The molecule has 166 valence electrons. The van der Waals surface area contributed by atoms with Gasteiger partial charge in [-0.05, 0) is 70.0 Å². The molecular weight excluding hydrogens is 498 g/mol. The molecule has 9 heteroatoms. The number of imide groups is 2. The van der Waals surface area contributed by atoms with Gasteiger partial charge in [-0.3, -0.25) is 14.9 Å². The zero-order chi connectivity index (χ0) is 23.5. The van der Waals surface area contributed by atoms with Gasteiger partial charge in [0.1, 0.15) is 29.6 Å². The van der Waals surface area contributed by atoms with Crippen LogP contribution in [0.1, 0.15) is 11.1 Å². The van der Waals surface area contributed by atoms with Crippen LogP contribution in [-0.4, -0.2) is 17.8 Å². The van der Waals surface area contributed by atoms with Gasteiger partial charge in [0.2, 0.25) is 0 Å². The zero-order valence-electron chi connectivity index (χ0n) is 16.8. The highest BCUT2D eigenvalue weighted by Crippen LogP contribution is 2.29. The van der Waals surface area contributed by atoms with Crippen LogP contribution >= 0.6 is 15.9 Å². The van der Waals surface area contributed by atoms with Crippen molar-refractivity contribution in [3.8, 4) is 5.75 Å². The van der Waals surface area contributed by atoms with Crippen LogP contribution < -0.4 is 15.0 Å². The van der Waals surface area contributed by atoms with E-state index in [2.05, 4.69) is 21.2 Å². The van der Waals surface area contributed by atoms with Gasteiger partial charge >= 0.3 is 6.03 Å². The molecule has 4 amide bonds. The number of anilines is 1. The average molecular weight is 513 g/mol. The average Bonchev–Trinajstić information content (AvgIpc) is 2.78. The summed E-state index contributed by atoms with van der Waals surface area (Å²) in [6, 6.07) is 14.9. The Balaban J connectivity index is 1.57. The van der Waals surface area contributed by atoms with Crippen LogP contribution in [0.25, 0.3) is 6.08 Å². The lowest BCUT2D eigenvalue weighted by molar-refractivity contribution is -0.122.